The highest BCUT2D eigenvalue weighted by molar-refractivity contribution is 5.83. The summed E-state index contributed by atoms with van der Waals surface area (Å²) >= 11 is 0. The van der Waals surface area contributed by atoms with Gasteiger partial charge in [0.1, 0.15) is 11.8 Å². The van der Waals surface area contributed by atoms with Crippen LogP contribution in [0.4, 0.5) is 5.88 Å². The summed E-state index contributed by atoms with van der Waals surface area (Å²) in [6.45, 7) is 2.15. The van der Waals surface area contributed by atoms with Crippen molar-refractivity contribution < 1.29 is 18.4 Å². The molecule has 0 N–H and O–H groups in total. The van der Waals surface area contributed by atoms with Crippen LogP contribution < -0.4 is 9.64 Å². The number of oxazole rings is 1. The van der Waals surface area contributed by atoms with E-state index in [-0.39, 0.29) is 17.5 Å². The van der Waals surface area contributed by atoms with E-state index in [1.54, 1.807) is 12.1 Å². The molecule has 1 amide bonds. The minimum atomic E-state index is -0.468. The Hall–Kier alpha value is -3.73. The molecule has 0 aliphatic carbocycles. The van der Waals surface area contributed by atoms with Crippen LogP contribution in [0.3, 0.4) is 0 Å². The van der Waals surface area contributed by atoms with E-state index in [0.29, 0.717) is 44.2 Å². The second-order valence-corrected chi connectivity index (χ2v) is 6.99. The number of benzene rings is 1. The van der Waals surface area contributed by atoms with E-state index in [9.17, 15) is 10.1 Å². The molecule has 0 saturated carbocycles. The molecule has 1 atom stereocenters. The summed E-state index contributed by atoms with van der Waals surface area (Å²) in [7, 11) is 0. The zero-order chi connectivity index (χ0) is 19.8. The van der Waals surface area contributed by atoms with Gasteiger partial charge in [-0.2, -0.15) is 10.2 Å². The summed E-state index contributed by atoms with van der Waals surface area (Å²) in [5, 5.41) is 9.42. The molecule has 2 aliphatic heterocycles. The van der Waals surface area contributed by atoms with Gasteiger partial charge in [0, 0.05) is 32.6 Å². The number of anilines is 1. The van der Waals surface area contributed by atoms with E-state index in [2.05, 4.69) is 11.1 Å². The standard InChI is InChI=1S/C21H18N4O4/c22-13-15-21(29-19(23-15)17-6-3-11-27-17)25-9-7-24(8-10-25)20(26)18-12-14-4-1-2-5-16(14)28-18/h1-6,11,18H,7-10,12H2/t18-/m1/s1. The van der Waals surface area contributed by atoms with Crippen molar-refractivity contribution in [2.45, 2.75) is 12.5 Å². The van der Waals surface area contributed by atoms with Crippen molar-refractivity contribution in [3.05, 3.63) is 53.9 Å². The van der Waals surface area contributed by atoms with Gasteiger partial charge in [-0.25, -0.2) is 0 Å². The number of rotatable bonds is 3. The van der Waals surface area contributed by atoms with Gasteiger partial charge in [-0.05, 0) is 23.8 Å². The van der Waals surface area contributed by atoms with Crippen LogP contribution in [0.2, 0.25) is 0 Å². The molecule has 2 aromatic heterocycles. The molecule has 0 bridgehead atoms. The summed E-state index contributed by atoms with van der Waals surface area (Å²) in [5.41, 5.74) is 1.28. The Labute approximate surface area is 166 Å². The molecule has 3 aromatic rings. The monoisotopic (exact) mass is 390 g/mol. The fourth-order valence-corrected chi connectivity index (χ4v) is 3.76. The topological polar surface area (TPSA) is 95.7 Å². The van der Waals surface area contributed by atoms with Gasteiger partial charge in [0.2, 0.25) is 11.6 Å². The average Bonchev–Trinajstić information content (AvgIpc) is 3.51. The van der Waals surface area contributed by atoms with Crippen LogP contribution in [-0.4, -0.2) is 48.1 Å². The predicted molar refractivity (Wildman–Crippen MR) is 102 cm³/mol. The number of ether oxygens (including phenoxy) is 1. The lowest BCUT2D eigenvalue weighted by Gasteiger charge is -2.35. The number of carbonyl (C=O) groups excluding carboxylic acids is 1. The minimum absolute atomic E-state index is 0.00444. The van der Waals surface area contributed by atoms with E-state index < -0.39 is 6.10 Å². The van der Waals surface area contributed by atoms with Crippen molar-refractivity contribution in [1.82, 2.24) is 9.88 Å². The molecule has 1 saturated heterocycles. The van der Waals surface area contributed by atoms with E-state index in [0.717, 1.165) is 11.3 Å². The largest absolute Gasteiger partial charge is 0.480 e. The first-order valence-electron chi connectivity index (χ1n) is 9.46. The fourth-order valence-electron chi connectivity index (χ4n) is 3.76. The van der Waals surface area contributed by atoms with E-state index >= 15 is 0 Å². The van der Waals surface area contributed by atoms with Gasteiger partial charge in [0.15, 0.2) is 11.9 Å². The Morgan fingerprint density at radius 3 is 2.69 bits per heavy atom. The van der Waals surface area contributed by atoms with Crippen LogP contribution in [0.5, 0.6) is 5.75 Å². The number of hydrogen-bond donors (Lipinski definition) is 0. The number of nitriles is 1. The number of aromatic nitrogens is 1. The molecule has 2 aliphatic rings. The van der Waals surface area contributed by atoms with Crippen LogP contribution in [0.15, 0.2) is 51.5 Å². The lowest BCUT2D eigenvalue weighted by atomic mass is 10.1. The maximum Gasteiger partial charge on any atom is 0.266 e. The molecule has 1 aromatic carbocycles. The third-order valence-electron chi connectivity index (χ3n) is 5.25. The first-order chi connectivity index (χ1) is 14.2. The van der Waals surface area contributed by atoms with Gasteiger partial charge in [0.05, 0.1) is 6.26 Å². The molecule has 8 nitrogen and oxygen atoms in total. The van der Waals surface area contributed by atoms with Gasteiger partial charge >= 0.3 is 0 Å². The first-order valence-corrected chi connectivity index (χ1v) is 9.46. The number of carbonyl (C=O) groups is 1. The zero-order valence-electron chi connectivity index (χ0n) is 15.6. The van der Waals surface area contributed by atoms with Crippen LogP contribution in [0, 0.1) is 11.3 Å². The third-order valence-corrected chi connectivity index (χ3v) is 5.25. The van der Waals surface area contributed by atoms with Crippen molar-refractivity contribution in [3.8, 4) is 23.5 Å². The van der Waals surface area contributed by atoms with Gasteiger partial charge in [0.25, 0.3) is 11.8 Å². The molecule has 5 rings (SSSR count). The minimum Gasteiger partial charge on any atom is -0.480 e. The van der Waals surface area contributed by atoms with Gasteiger partial charge in [-0.1, -0.05) is 18.2 Å². The SMILES string of the molecule is N#Cc1nc(-c2ccco2)oc1N1CCN(C(=O)[C@H]2Cc3ccccc3O2)CC1. The second-order valence-electron chi connectivity index (χ2n) is 6.99. The lowest BCUT2D eigenvalue weighted by molar-refractivity contribution is -0.138. The Bertz CT molecular complexity index is 1050. The first kappa shape index (κ1) is 17.4. The normalized spacial score (nSPS) is 18.2. The van der Waals surface area contributed by atoms with Crippen LogP contribution in [0.25, 0.3) is 11.7 Å². The molecular weight excluding hydrogens is 372 g/mol. The van der Waals surface area contributed by atoms with Crippen molar-refractivity contribution in [2.24, 2.45) is 0 Å². The molecule has 4 heterocycles. The quantitative estimate of drug-likeness (QED) is 0.678. The number of nitrogens with zero attached hydrogens (tertiary/aromatic N) is 4. The third kappa shape index (κ3) is 3.10. The number of amides is 1. The van der Waals surface area contributed by atoms with Crippen molar-refractivity contribution in [3.63, 3.8) is 0 Å². The molecule has 146 valence electrons. The van der Waals surface area contributed by atoms with Crippen LogP contribution >= 0.6 is 0 Å². The van der Waals surface area contributed by atoms with Crippen LogP contribution in [0.1, 0.15) is 11.3 Å². The summed E-state index contributed by atoms with van der Waals surface area (Å²) in [6, 6.07) is 13.3. The Morgan fingerprint density at radius 1 is 1.14 bits per heavy atom. The summed E-state index contributed by atoms with van der Waals surface area (Å²) < 4.78 is 16.9. The highest BCUT2D eigenvalue weighted by Crippen LogP contribution is 2.31. The summed E-state index contributed by atoms with van der Waals surface area (Å²) in [5.74, 6) is 1.94. The number of piperazine rings is 1. The fraction of sp³-hybridized carbons (Fsp3) is 0.286. The molecule has 0 radical (unpaired) electrons. The highest BCUT2D eigenvalue weighted by atomic mass is 16.5. The average molecular weight is 390 g/mol. The Balaban J connectivity index is 1.25. The van der Waals surface area contributed by atoms with E-state index in [1.807, 2.05) is 34.1 Å². The number of fused-ring (bicyclic) bond motifs is 1. The highest BCUT2D eigenvalue weighted by Gasteiger charge is 2.34. The lowest BCUT2D eigenvalue weighted by Crippen LogP contribution is -2.52. The maximum absolute atomic E-state index is 12.9. The van der Waals surface area contributed by atoms with Gasteiger partial charge in [-0.15, -0.1) is 0 Å². The molecule has 0 unspecified atom stereocenters. The van der Waals surface area contributed by atoms with Crippen molar-refractivity contribution >= 4 is 11.8 Å². The van der Waals surface area contributed by atoms with E-state index in [4.69, 9.17) is 13.6 Å². The summed E-state index contributed by atoms with van der Waals surface area (Å²) in [4.78, 5) is 20.8. The molecule has 0 spiro atoms. The van der Waals surface area contributed by atoms with Crippen LogP contribution in [-0.2, 0) is 11.2 Å². The number of hydrogen-bond acceptors (Lipinski definition) is 7. The molecule has 8 heteroatoms. The predicted octanol–water partition coefficient (Wildman–Crippen LogP) is 2.46. The molecule has 1 fully saturated rings. The molecule has 29 heavy (non-hydrogen) atoms. The summed E-state index contributed by atoms with van der Waals surface area (Å²) in [6.07, 6.45) is 1.66. The van der Waals surface area contributed by atoms with E-state index in [1.165, 1.54) is 6.26 Å². The number of furan rings is 1. The Kier molecular flexibility index (Phi) is 4.21. The smallest absolute Gasteiger partial charge is 0.266 e. The number of para-hydroxylation sites is 1. The van der Waals surface area contributed by atoms with Crippen molar-refractivity contribution in [2.75, 3.05) is 31.1 Å². The molecular formula is C21H18N4O4. The zero-order valence-corrected chi connectivity index (χ0v) is 15.6. The van der Waals surface area contributed by atoms with Gasteiger partial charge in [-0.3, -0.25) is 4.79 Å². The maximum atomic E-state index is 12.9. The second kappa shape index (κ2) is 7.02. The Morgan fingerprint density at radius 2 is 1.97 bits per heavy atom. The van der Waals surface area contributed by atoms with Gasteiger partial charge < -0.3 is 23.4 Å². The van der Waals surface area contributed by atoms with Crippen molar-refractivity contribution in [1.29, 1.82) is 5.26 Å².